The van der Waals surface area contributed by atoms with Crippen molar-refractivity contribution in [3.63, 3.8) is 0 Å². The van der Waals surface area contributed by atoms with Crippen molar-refractivity contribution in [1.29, 1.82) is 0 Å². The quantitative estimate of drug-likeness (QED) is 0.426. The van der Waals surface area contributed by atoms with Crippen molar-refractivity contribution in [3.8, 4) is 17.3 Å². The summed E-state index contributed by atoms with van der Waals surface area (Å²) in [6.45, 7) is 7.36. The van der Waals surface area contributed by atoms with E-state index in [-0.39, 0.29) is 29.3 Å². The number of alkyl carbamates (subject to hydrolysis) is 1. The van der Waals surface area contributed by atoms with Crippen LogP contribution in [-0.2, 0) is 11.3 Å². The second kappa shape index (κ2) is 11.8. The molecule has 1 amide bonds. The molecule has 5 heterocycles. The molecule has 2 aromatic heterocycles. The summed E-state index contributed by atoms with van der Waals surface area (Å²) in [5.41, 5.74) is 7.46. The number of hydrazine groups is 1. The third-order valence-corrected chi connectivity index (χ3v) is 8.39. The smallest absolute Gasteiger partial charge is 0.407 e. The van der Waals surface area contributed by atoms with Gasteiger partial charge in [0.2, 0.25) is 0 Å². The number of nitrogens with one attached hydrogen (secondary N) is 2. The number of carbonyl (C=O) groups excluding carboxylic acids is 1. The predicted octanol–water partition coefficient (Wildman–Crippen LogP) is 4.10. The third kappa shape index (κ3) is 5.65. The molecule has 3 aliphatic heterocycles. The molecule has 2 atom stereocenters. The van der Waals surface area contributed by atoms with Crippen LogP contribution >= 0.6 is 0 Å². The van der Waals surface area contributed by atoms with E-state index in [0.29, 0.717) is 44.1 Å². The number of aryl methyl sites for hydroxylation is 1. The van der Waals surface area contributed by atoms with E-state index >= 15 is 4.39 Å². The number of hydrogen-bond donors (Lipinski definition) is 2. The molecule has 12 heteroatoms. The number of anilines is 2. The van der Waals surface area contributed by atoms with Gasteiger partial charge < -0.3 is 30.0 Å². The van der Waals surface area contributed by atoms with Crippen molar-refractivity contribution in [2.75, 3.05) is 57.3 Å². The molecule has 0 spiro atoms. The highest BCUT2D eigenvalue weighted by molar-refractivity contribution is 5.92. The Bertz CT molecular complexity index is 1490. The molecule has 2 N–H and O–H groups in total. The average Bonchev–Trinajstić information content (AvgIpc) is 3.55. The van der Waals surface area contributed by atoms with Crippen molar-refractivity contribution < 1.29 is 18.7 Å². The van der Waals surface area contributed by atoms with Crippen LogP contribution in [0.1, 0.15) is 43.7 Å². The second-order valence-electron chi connectivity index (χ2n) is 11.6. The summed E-state index contributed by atoms with van der Waals surface area (Å²) in [7, 11) is 4.04. The molecule has 2 fully saturated rings. The highest BCUT2D eigenvalue weighted by Gasteiger charge is 2.29. The number of likely N-dealkylation sites (N-methyl/N-ethyl adjacent to an activating group) is 1. The number of pyridine rings is 1. The maximum atomic E-state index is 16.6. The van der Waals surface area contributed by atoms with Crippen molar-refractivity contribution >= 4 is 28.5 Å². The SMILES string of the molecule is CCOC(=O)NC1CCCN(c2nc(OCC3CCCN3C)nc3c(F)c(-c4cc(C)cc5c4CN(C)N5)ncc23)C1. The van der Waals surface area contributed by atoms with Gasteiger partial charge in [-0.2, -0.15) is 9.97 Å². The van der Waals surface area contributed by atoms with E-state index in [0.717, 1.165) is 54.6 Å². The normalized spacial score (nSPS) is 20.9. The number of halogens is 1. The van der Waals surface area contributed by atoms with Gasteiger partial charge in [0.25, 0.3) is 0 Å². The zero-order valence-electron chi connectivity index (χ0n) is 24.7. The summed E-state index contributed by atoms with van der Waals surface area (Å²) in [6.07, 6.45) is 5.02. The molecule has 0 aliphatic carbocycles. The number of nitrogens with zero attached hydrogens (tertiary/aromatic N) is 6. The lowest BCUT2D eigenvalue weighted by Gasteiger charge is -2.34. The Morgan fingerprint density at radius 3 is 2.81 bits per heavy atom. The Morgan fingerprint density at radius 1 is 1.19 bits per heavy atom. The first-order valence-corrected chi connectivity index (χ1v) is 14.8. The van der Waals surface area contributed by atoms with Gasteiger partial charge in [-0.15, -0.1) is 0 Å². The number of fused-ring (bicyclic) bond motifs is 2. The summed E-state index contributed by atoms with van der Waals surface area (Å²) in [5.74, 6) is 0.0542. The Balaban J connectivity index is 1.40. The van der Waals surface area contributed by atoms with Crippen LogP contribution < -0.4 is 20.4 Å². The minimum Gasteiger partial charge on any atom is -0.462 e. The number of amides is 1. The largest absolute Gasteiger partial charge is 0.462 e. The van der Waals surface area contributed by atoms with Gasteiger partial charge in [0, 0.05) is 56.1 Å². The van der Waals surface area contributed by atoms with E-state index in [9.17, 15) is 4.79 Å². The molecule has 11 nitrogen and oxygen atoms in total. The zero-order chi connectivity index (χ0) is 29.4. The van der Waals surface area contributed by atoms with Crippen LogP contribution in [0.2, 0.25) is 0 Å². The van der Waals surface area contributed by atoms with E-state index < -0.39 is 11.9 Å². The molecule has 0 radical (unpaired) electrons. The maximum Gasteiger partial charge on any atom is 0.407 e. The zero-order valence-corrected chi connectivity index (χ0v) is 24.7. The number of hydrogen-bond acceptors (Lipinski definition) is 10. The van der Waals surface area contributed by atoms with Crippen LogP contribution in [-0.4, -0.2) is 90.0 Å². The van der Waals surface area contributed by atoms with Crippen LogP contribution in [0, 0.1) is 12.7 Å². The standard InChI is InChI=1S/C30H39FN8O3/c1-5-41-30(40)33-19-8-6-11-39(15-19)28-22-14-32-26(21-12-18(2)13-24-23(21)16-38(4)36-24)25(31)27(22)34-29(35-28)42-17-20-9-7-10-37(20)3/h12-14,19-20,36H,5-11,15-17H2,1-4H3,(H,33,40). The monoisotopic (exact) mass is 578 g/mol. The number of likely N-dealkylation sites (tertiary alicyclic amines) is 1. The van der Waals surface area contributed by atoms with Gasteiger partial charge in [-0.25, -0.2) is 14.2 Å². The molecule has 0 saturated carbocycles. The molecule has 224 valence electrons. The van der Waals surface area contributed by atoms with Gasteiger partial charge in [-0.1, -0.05) is 0 Å². The third-order valence-electron chi connectivity index (χ3n) is 8.39. The van der Waals surface area contributed by atoms with Gasteiger partial charge in [0.1, 0.15) is 23.6 Å². The Kier molecular flexibility index (Phi) is 8.00. The molecule has 2 saturated heterocycles. The van der Waals surface area contributed by atoms with Crippen LogP contribution in [0.25, 0.3) is 22.2 Å². The van der Waals surface area contributed by atoms with Gasteiger partial charge in [-0.3, -0.25) is 4.98 Å². The molecule has 2 unspecified atom stereocenters. The maximum absolute atomic E-state index is 16.6. The Morgan fingerprint density at radius 2 is 2.02 bits per heavy atom. The minimum atomic E-state index is -0.500. The molecular formula is C30H39FN8O3. The van der Waals surface area contributed by atoms with Gasteiger partial charge in [0.15, 0.2) is 5.82 Å². The first-order valence-electron chi connectivity index (χ1n) is 14.8. The summed E-state index contributed by atoms with van der Waals surface area (Å²) in [4.78, 5) is 30.5. The average molecular weight is 579 g/mol. The molecule has 6 rings (SSSR count). The van der Waals surface area contributed by atoms with E-state index in [1.165, 1.54) is 0 Å². The van der Waals surface area contributed by atoms with Crippen LogP contribution in [0.4, 0.5) is 20.7 Å². The number of carbonyl (C=O) groups is 1. The van der Waals surface area contributed by atoms with E-state index in [4.69, 9.17) is 14.5 Å². The topological polar surface area (TPSA) is 108 Å². The Labute approximate surface area is 245 Å². The lowest BCUT2D eigenvalue weighted by molar-refractivity contribution is 0.146. The van der Waals surface area contributed by atoms with Crippen molar-refractivity contribution in [2.45, 2.75) is 58.2 Å². The van der Waals surface area contributed by atoms with E-state index in [1.54, 1.807) is 13.1 Å². The van der Waals surface area contributed by atoms with Crippen molar-refractivity contribution in [2.24, 2.45) is 0 Å². The number of benzene rings is 1. The lowest BCUT2D eigenvalue weighted by atomic mass is 9.99. The molecule has 1 aromatic carbocycles. The second-order valence-corrected chi connectivity index (χ2v) is 11.6. The van der Waals surface area contributed by atoms with E-state index in [2.05, 4.69) is 43.6 Å². The minimum absolute atomic E-state index is 0.129. The first kappa shape index (κ1) is 28.4. The molecular weight excluding hydrogens is 539 g/mol. The van der Waals surface area contributed by atoms with Crippen LogP contribution in [0.3, 0.4) is 0 Å². The molecule has 0 bridgehead atoms. The predicted molar refractivity (Wildman–Crippen MR) is 159 cm³/mol. The number of ether oxygens (including phenoxy) is 2. The number of aromatic nitrogens is 3. The van der Waals surface area contributed by atoms with Gasteiger partial charge in [0.05, 0.1) is 17.7 Å². The first-order chi connectivity index (χ1) is 20.3. The lowest BCUT2D eigenvalue weighted by Crippen LogP contribution is -2.48. The van der Waals surface area contributed by atoms with Crippen molar-refractivity contribution in [1.82, 2.24) is 30.2 Å². The van der Waals surface area contributed by atoms with Gasteiger partial charge in [-0.05, 0) is 70.8 Å². The summed E-state index contributed by atoms with van der Waals surface area (Å²) >= 11 is 0. The fourth-order valence-corrected chi connectivity index (χ4v) is 6.28. The fourth-order valence-electron chi connectivity index (χ4n) is 6.28. The summed E-state index contributed by atoms with van der Waals surface area (Å²) in [6, 6.07) is 4.31. The number of piperidine rings is 1. The van der Waals surface area contributed by atoms with Crippen LogP contribution in [0.15, 0.2) is 18.3 Å². The fraction of sp³-hybridized carbons (Fsp3) is 0.533. The molecule has 42 heavy (non-hydrogen) atoms. The highest BCUT2D eigenvalue weighted by Crippen LogP contribution is 2.38. The van der Waals surface area contributed by atoms with Crippen LogP contribution in [0.5, 0.6) is 6.01 Å². The molecule has 3 aromatic rings. The van der Waals surface area contributed by atoms with E-state index in [1.807, 2.05) is 25.0 Å². The highest BCUT2D eigenvalue weighted by atomic mass is 19.1. The summed E-state index contributed by atoms with van der Waals surface area (Å²) < 4.78 is 27.8. The Hall–Kier alpha value is -3.77. The molecule has 3 aliphatic rings. The van der Waals surface area contributed by atoms with Gasteiger partial charge >= 0.3 is 12.1 Å². The van der Waals surface area contributed by atoms with Crippen molar-refractivity contribution in [3.05, 3.63) is 35.3 Å². The number of rotatable bonds is 7. The summed E-state index contributed by atoms with van der Waals surface area (Å²) in [5, 5.41) is 5.42.